The molecule has 176 valence electrons. The molecule has 6 rings (SSSR count). The quantitative estimate of drug-likeness (QED) is 0.579. The molecule has 3 amide bonds. The third kappa shape index (κ3) is 3.54. The minimum absolute atomic E-state index is 0.209. The van der Waals surface area contributed by atoms with Crippen molar-refractivity contribution in [2.45, 2.75) is 25.4 Å². The van der Waals surface area contributed by atoms with Gasteiger partial charge in [-0.15, -0.1) is 5.10 Å². The van der Waals surface area contributed by atoms with E-state index < -0.39 is 11.9 Å². The molecular formula is C25H21N5O5. The molecule has 3 aliphatic heterocycles. The van der Waals surface area contributed by atoms with Gasteiger partial charge >= 0.3 is 0 Å². The lowest BCUT2D eigenvalue weighted by atomic mass is 10.0. The molecular weight excluding hydrogens is 450 g/mol. The van der Waals surface area contributed by atoms with E-state index in [1.807, 2.05) is 36.5 Å². The molecule has 3 aliphatic rings. The summed E-state index contributed by atoms with van der Waals surface area (Å²) in [4.78, 5) is 38.2. The smallest absolute Gasteiger partial charge is 0.255 e. The Morgan fingerprint density at radius 3 is 2.89 bits per heavy atom. The Morgan fingerprint density at radius 1 is 1.17 bits per heavy atom. The first kappa shape index (κ1) is 21.1. The third-order valence-corrected chi connectivity index (χ3v) is 6.53. The van der Waals surface area contributed by atoms with E-state index in [9.17, 15) is 14.4 Å². The second-order valence-corrected chi connectivity index (χ2v) is 8.63. The number of hydrogen-bond acceptors (Lipinski definition) is 7. The Morgan fingerprint density at radius 2 is 2.06 bits per heavy atom. The van der Waals surface area contributed by atoms with Crippen molar-refractivity contribution in [2.24, 2.45) is 0 Å². The lowest BCUT2D eigenvalue weighted by Crippen LogP contribution is -2.52. The lowest BCUT2D eigenvalue weighted by Gasteiger charge is -2.29. The van der Waals surface area contributed by atoms with E-state index in [1.54, 1.807) is 23.9 Å². The van der Waals surface area contributed by atoms with Gasteiger partial charge in [0, 0.05) is 29.7 Å². The van der Waals surface area contributed by atoms with Crippen LogP contribution in [0.25, 0.3) is 17.3 Å². The molecule has 1 N–H and O–H groups in total. The average Bonchev–Trinajstić information content (AvgIpc) is 3.48. The molecule has 0 spiro atoms. The molecule has 2 aromatic carbocycles. The second kappa shape index (κ2) is 8.08. The molecule has 35 heavy (non-hydrogen) atoms. The van der Waals surface area contributed by atoms with Gasteiger partial charge in [0.2, 0.25) is 11.8 Å². The van der Waals surface area contributed by atoms with Gasteiger partial charge < -0.3 is 14.4 Å². The van der Waals surface area contributed by atoms with Gasteiger partial charge in [0.05, 0.1) is 19.0 Å². The maximum Gasteiger partial charge on any atom is 0.255 e. The lowest BCUT2D eigenvalue weighted by molar-refractivity contribution is -0.136. The van der Waals surface area contributed by atoms with Gasteiger partial charge in [0.25, 0.3) is 5.91 Å². The van der Waals surface area contributed by atoms with Crippen molar-refractivity contribution in [3.63, 3.8) is 0 Å². The molecule has 3 aromatic rings. The number of nitrogens with zero attached hydrogens (tertiary/aromatic N) is 4. The van der Waals surface area contributed by atoms with Crippen molar-refractivity contribution in [3.8, 4) is 17.2 Å². The van der Waals surface area contributed by atoms with Gasteiger partial charge in [-0.1, -0.05) is 17.3 Å². The van der Waals surface area contributed by atoms with Gasteiger partial charge in [0.1, 0.15) is 18.3 Å². The number of piperidine rings is 1. The van der Waals surface area contributed by atoms with Crippen molar-refractivity contribution in [1.82, 2.24) is 25.2 Å². The summed E-state index contributed by atoms with van der Waals surface area (Å²) in [6.45, 7) is 0.638. The first-order chi connectivity index (χ1) is 17.0. The molecule has 1 fully saturated rings. The van der Waals surface area contributed by atoms with E-state index in [0.29, 0.717) is 42.3 Å². The van der Waals surface area contributed by atoms with Gasteiger partial charge in [-0.2, -0.15) is 0 Å². The molecule has 1 atom stereocenters. The number of nitrogens with one attached hydrogen (secondary N) is 1. The number of fused-ring (bicyclic) bond motifs is 2. The molecule has 0 aliphatic carbocycles. The number of benzene rings is 2. The van der Waals surface area contributed by atoms with Gasteiger partial charge in [-0.25, -0.2) is 4.68 Å². The molecule has 1 saturated heterocycles. The Hall–Kier alpha value is -4.47. The van der Waals surface area contributed by atoms with Gasteiger partial charge in [0.15, 0.2) is 11.5 Å². The number of para-hydroxylation sites is 1. The Labute approximate surface area is 200 Å². The van der Waals surface area contributed by atoms with E-state index in [0.717, 1.165) is 22.4 Å². The summed E-state index contributed by atoms with van der Waals surface area (Å²) in [6.07, 6.45) is 4.38. The van der Waals surface area contributed by atoms with Crippen LogP contribution >= 0.6 is 0 Å². The molecule has 0 saturated carbocycles. The molecule has 10 nitrogen and oxygen atoms in total. The van der Waals surface area contributed by atoms with Crippen LogP contribution in [0.1, 0.15) is 40.0 Å². The van der Waals surface area contributed by atoms with E-state index in [1.165, 1.54) is 4.90 Å². The van der Waals surface area contributed by atoms with Crippen LogP contribution in [0.15, 0.2) is 42.6 Å². The zero-order valence-electron chi connectivity index (χ0n) is 18.9. The zero-order chi connectivity index (χ0) is 24.1. The number of amides is 3. The van der Waals surface area contributed by atoms with Crippen LogP contribution in [0, 0.1) is 0 Å². The van der Waals surface area contributed by atoms with Gasteiger partial charge in [-0.05, 0) is 42.3 Å². The SMILES string of the molecule is COc1cccc2c1OCC(c1cn(-c3ccc4c(c3)CN(C3CCC(=O)NC3=O)C4=O)nn1)=C2. The zero-order valence-corrected chi connectivity index (χ0v) is 18.9. The standard InChI is InChI=1S/C25H21N5O5/c1-34-21-4-2-3-14-9-16(13-35-23(14)21)19-12-30(28-27-19)17-5-6-18-15(10-17)11-29(25(18)33)20-7-8-22(31)26-24(20)32/h2-6,9-10,12,20H,7-8,11,13H2,1H3,(H,26,31,32). The van der Waals surface area contributed by atoms with Crippen molar-refractivity contribution in [1.29, 1.82) is 0 Å². The molecule has 1 aromatic heterocycles. The average molecular weight is 471 g/mol. The first-order valence-corrected chi connectivity index (χ1v) is 11.2. The summed E-state index contributed by atoms with van der Waals surface area (Å²) >= 11 is 0. The molecule has 1 unspecified atom stereocenters. The Bertz CT molecular complexity index is 1430. The maximum absolute atomic E-state index is 12.9. The summed E-state index contributed by atoms with van der Waals surface area (Å²) in [5.41, 5.74) is 4.57. The topological polar surface area (TPSA) is 116 Å². The number of rotatable bonds is 4. The number of hydrogen-bond donors (Lipinski definition) is 1. The Kier molecular flexibility index (Phi) is 4.87. The number of aromatic nitrogens is 3. The van der Waals surface area contributed by atoms with Crippen LogP contribution in [0.2, 0.25) is 0 Å². The highest BCUT2D eigenvalue weighted by Crippen LogP contribution is 2.37. The second-order valence-electron chi connectivity index (χ2n) is 8.63. The number of methoxy groups -OCH3 is 1. The number of carbonyl (C=O) groups is 3. The van der Waals surface area contributed by atoms with Crippen LogP contribution in [-0.4, -0.2) is 57.4 Å². The summed E-state index contributed by atoms with van der Waals surface area (Å²) in [5, 5.41) is 10.9. The minimum Gasteiger partial charge on any atom is -0.493 e. The summed E-state index contributed by atoms with van der Waals surface area (Å²) in [6, 6.07) is 10.5. The normalized spacial score (nSPS) is 19.0. The van der Waals surface area contributed by atoms with E-state index >= 15 is 0 Å². The number of carbonyl (C=O) groups excluding carboxylic acids is 3. The van der Waals surface area contributed by atoms with Crippen LogP contribution in [0.4, 0.5) is 0 Å². The van der Waals surface area contributed by atoms with E-state index in [2.05, 4.69) is 15.6 Å². The van der Waals surface area contributed by atoms with Crippen LogP contribution in [0.3, 0.4) is 0 Å². The highest BCUT2D eigenvalue weighted by atomic mass is 16.5. The summed E-state index contributed by atoms with van der Waals surface area (Å²) in [7, 11) is 1.61. The predicted molar refractivity (Wildman–Crippen MR) is 124 cm³/mol. The molecule has 0 bridgehead atoms. The fourth-order valence-corrected chi connectivity index (χ4v) is 4.73. The van der Waals surface area contributed by atoms with E-state index in [4.69, 9.17) is 9.47 Å². The first-order valence-electron chi connectivity index (χ1n) is 11.2. The van der Waals surface area contributed by atoms with Crippen molar-refractivity contribution in [2.75, 3.05) is 13.7 Å². The molecule has 0 radical (unpaired) electrons. The van der Waals surface area contributed by atoms with Crippen molar-refractivity contribution < 1.29 is 23.9 Å². The van der Waals surface area contributed by atoms with Gasteiger partial charge in [-0.3, -0.25) is 19.7 Å². The largest absolute Gasteiger partial charge is 0.493 e. The van der Waals surface area contributed by atoms with Crippen molar-refractivity contribution in [3.05, 3.63) is 65.0 Å². The predicted octanol–water partition coefficient (Wildman–Crippen LogP) is 1.97. The maximum atomic E-state index is 12.9. The van der Waals surface area contributed by atoms with Crippen LogP contribution in [0.5, 0.6) is 11.5 Å². The fraction of sp³-hybridized carbons (Fsp3) is 0.240. The summed E-state index contributed by atoms with van der Waals surface area (Å²) < 4.78 is 12.9. The molecule has 4 heterocycles. The Balaban J connectivity index is 1.25. The fourth-order valence-electron chi connectivity index (χ4n) is 4.73. The monoisotopic (exact) mass is 471 g/mol. The van der Waals surface area contributed by atoms with Crippen LogP contribution in [-0.2, 0) is 16.1 Å². The summed E-state index contributed by atoms with van der Waals surface area (Å²) in [5.74, 6) is 0.445. The number of imide groups is 1. The van der Waals surface area contributed by atoms with Crippen LogP contribution < -0.4 is 14.8 Å². The van der Waals surface area contributed by atoms with Crippen molar-refractivity contribution >= 4 is 29.4 Å². The van der Waals surface area contributed by atoms with E-state index in [-0.39, 0.29) is 18.2 Å². The highest BCUT2D eigenvalue weighted by Gasteiger charge is 2.39. The highest BCUT2D eigenvalue weighted by molar-refractivity contribution is 6.05. The third-order valence-electron chi connectivity index (χ3n) is 6.53. The molecule has 10 heteroatoms. The minimum atomic E-state index is -0.645. The number of ether oxygens (including phenoxy) is 2.